The highest BCUT2D eigenvalue weighted by molar-refractivity contribution is 5.86. The number of halogens is 2. The molecule has 0 radical (unpaired) electrons. The number of ether oxygens (including phenoxy) is 2. The first-order valence-electron chi connectivity index (χ1n) is 7.72. The first-order chi connectivity index (χ1) is 12.4. The van der Waals surface area contributed by atoms with E-state index in [9.17, 15) is 13.6 Å². The van der Waals surface area contributed by atoms with Crippen LogP contribution < -0.4 is 9.47 Å². The highest BCUT2D eigenvalue weighted by atomic mass is 19.3. The van der Waals surface area contributed by atoms with Crippen molar-refractivity contribution < 1.29 is 28.2 Å². The molecule has 3 heterocycles. The van der Waals surface area contributed by atoms with E-state index in [2.05, 4.69) is 10.1 Å². The van der Waals surface area contributed by atoms with Gasteiger partial charge in [-0.15, -0.1) is 0 Å². The summed E-state index contributed by atoms with van der Waals surface area (Å²) in [6, 6.07) is 6.30. The van der Waals surface area contributed by atoms with Crippen molar-refractivity contribution >= 4 is 17.0 Å². The smallest absolute Gasteiger partial charge is 0.325 e. The molecular weight excluding hydrogens is 348 g/mol. The van der Waals surface area contributed by atoms with Gasteiger partial charge in [-0.05, 0) is 31.2 Å². The van der Waals surface area contributed by atoms with Gasteiger partial charge < -0.3 is 14.6 Å². The van der Waals surface area contributed by atoms with Gasteiger partial charge in [-0.2, -0.15) is 5.10 Å². The molecule has 3 aromatic rings. The first-order valence-corrected chi connectivity index (χ1v) is 7.72. The van der Waals surface area contributed by atoms with Crippen LogP contribution in [-0.2, 0) is 11.3 Å². The third-order valence-electron chi connectivity index (χ3n) is 4.10. The van der Waals surface area contributed by atoms with Gasteiger partial charge in [-0.25, -0.2) is 18.4 Å². The summed E-state index contributed by atoms with van der Waals surface area (Å²) in [4.78, 5) is 15.5. The minimum absolute atomic E-state index is 0.0953. The zero-order valence-electron chi connectivity index (χ0n) is 13.6. The minimum Gasteiger partial charge on any atom is -0.480 e. The van der Waals surface area contributed by atoms with Crippen LogP contribution in [0, 0.1) is 6.92 Å². The summed E-state index contributed by atoms with van der Waals surface area (Å²) in [5.74, 6) is -0.0721. The highest BCUT2D eigenvalue weighted by Crippen LogP contribution is 2.38. The Bertz CT molecular complexity index is 1030. The molecule has 0 spiro atoms. The van der Waals surface area contributed by atoms with E-state index in [0.29, 0.717) is 22.8 Å². The summed E-state index contributed by atoms with van der Waals surface area (Å²) in [7, 11) is 0. The average molecular weight is 361 g/mol. The standard InChI is InChI=1S/C17H13F2N3O4/c1-8-15-10(16(18)19)5-11(20-17(15)22(21-8)6-14(23)24)9-2-3-12-13(4-9)26-7-25-12/h2-5,16H,6-7H2,1H3,(H,23,24). The van der Waals surface area contributed by atoms with Crippen molar-refractivity contribution in [2.75, 3.05) is 6.79 Å². The van der Waals surface area contributed by atoms with Crippen molar-refractivity contribution in [1.82, 2.24) is 14.8 Å². The van der Waals surface area contributed by atoms with Crippen LogP contribution in [0.3, 0.4) is 0 Å². The van der Waals surface area contributed by atoms with Crippen molar-refractivity contribution in [3.8, 4) is 22.8 Å². The molecule has 9 heteroatoms. The zero-order valence-corrected chi connectivity index (χ0v) is 13.6. The molecule has 7 nitrogen and oxygen atoms in total. The number of pyridine rings is 1. The number of aryl methyl sites for hydroxylation is 1. The minimum atomic E-state index is -2.76. The molecule has 1 aromatic carbocycles. The lowest BCUT2D eigenvalue weighted by molar-refractivity contribution is -0.137. The van der Waals surface area contributed by atoms with Gasteiger partial charge in [0.15, 0.2) is 17.1 Å². The molecule has 0 aliphatic carbocycles. The third-order valence-corrected chi connectivity index (χ3v) is 4.10. The lowest BCUT2D eigenvalue weighted by Crippen LogP contribution is -2.11. The first kappa shape index (κ1) is 16.2. The monoisotopic (exact) mass is 361 g/mol. The molecule has 0 amide bonds. The molecule has 0 unspecified atom stereocenters. The van der Waals surface area contributed by atoms with Gasteiger partial charge in [0.2, 0.25) is 6.79 Å². The van der Waals surface area contributed by atoms with Crippen LogP contribution in [0.15, 0.2) is 24.3 Å². The van der Waals surface area contributed by atoms with E-state index in [0.717, 1.165) is 4.68 Å². The van der Waals surface area contributed by atoms with E-state index in [-0.39, 0.29) is 29.1 Å². The Hall–Kier alpha value is -3.23. The van der Waals surface area contributed by atoms with E-state index in [4.69, 9.17) is 14.6 Å². The van der Waals surface area contributed by atoms with Crippen molar-refractivity contribution in [2.24, 2.45) is 0 Å². The fourth-order valence-electron chi connectivity index (χ4n) is 3.00. The Balaban J connectivity index is 1.94. The molecule has 26 heavy (non-hydrogen) atoms. The number of aliphatic carboxylic acids is 1. The second-order valence-corrected chi connectivity index (χ2v) is 5.80. The van der Waals surface area contributed by atoms with Crippen LogP contribution in [0.25, 0.3) is 22.3 Å². The van der Waals surface area contributed by atoms with Gasteiger partial charge in [0.1, 0.15) is 6.54 Å². The number of aromatic nitrogens is 3. The summed E-state index contributed by atoms with van der Waals surface area (Å²) >= 11 is 0. The highest BCUT2D eigenvalue weighted by Gasteiger charge is 2.22. The largest absolute Gasteiger partial charge is 0.480 e. The average Bonchev–Trinajstić information content (AvgIpc) is 3.18. The number of rotatable bonds is 4. The number of carboxylic acid groups (broad SMARTS) is 1. The van der Waals surface area contributed by atoms with Gasteiger partial charge in [0.25, 0.3) is 6.43 Å². The van der Waals surface area contributed by atoms with Crippen molar-refractivity contribution in [3.63, 3.8) is 0 Å². The number of benzene rings is 1. The molecule has 0 saturated heterocycles. The Morgan fingerprint density at radius 1 is 1.31 bits per heavy atom. The summed E-state index contributed by atoms with van der Waals surface area (Å²) in [5, 5.41) is 13.3. The van der Waals surface area contributed by atoms with Crippen LogP contribution in [0.2, 0.25) is 0 Å². The van der Waals surface area contributed by atoms with Crippen LogP contribution >= 0.6 is 0 Å². The molecule has 0 fully saturated rings. The van der Waals surface area contributed by atoms with Gasteiger partial charge in [-0.1, -0.05) is 0 Å². The Morgan fingerprint density at radius 2 is 2.08 bits per heavy atom. The fraction of sp³-hybridized carbons (Fsp3) is 0.235. The van der Waals surface area contributed by atoms with E-state index >= 15 is 0 Å². The summed E-state index contributed by atoms with van der Waals surface area (Å²) < 4.78 is 39.0. The zero-order chi connectivity index (χ0) is 18.4. The van der Waals surface area contributed by atoms with E-state index in [1.807, 2.05) is 0 Å². The molecular formula is C17H13F2N3O4. The molecule has 2 aromatic heterocycles. The van der Waals surface area contributed by atoms with Crippen LogP contribution in [-0.4, -0.2) is 32.6 Å². The Labute approximate surface area is 145 Å². The molecule has 1 aliphatic heterocycles. The van der Waals surface area contributed by atoms with E-state index in [1.165, 1.54) is 6.07 Å². The van der Waals surface area contributed by atoms with Crippen LogP contribution in [0.4, 0.5) is 8.78 Å². The Kier molecular flexibility index (Phi) is 3.71. The third kappa shape index (κ3) is 2.61. The number of carboxylic acids is 1. The molecule has 1 aliphatic rings. The number of nitrogens with zero attached hydrogens (tertiary/aromatic N) is 3. The van der Waals surface area contributed by atoms with Gasteiger partial charge >= 0.3 is 5.97 Å². The molecule has 0 bridgehead atoms. The summed E-state index contributed by atoms with van der Waals surface area (Å²) in [5.41, 5.74) is 1.00. The van der Waals surface area contributed by atoms with Crippen molar-refractivity contribution in [3.05, 3.63) is 35.5 Å². The van der Waals surface area contributed by atoms with Crippen LogP contribution in [0.1, 0.15) is 17.7 Å². The van der Waals surface area contributed by atoms with Crippen LogP contribution in [0.5, 0.6) is 11.5 Å². The summed E-state index contributed by atoms with van der Waals surface area (Å²) in [6.45, 7) is 1.18. The van der Waals surface area contributed by atoms with Crippen molar-refractivity contribution in [1.29, 1.82) is 0 Å². The normalized spacial score (nSPS) is 12.9. The second kappa shape index (κ2) is 5.94. The predicted octanol–water partition coefficient (Wildman–Crippen LogP) is 3.16. The number of hydrogen-bond donors (Lipinski definition) is 1. The second-order valence-electron chi connectivity index (χ2n) is 5.80. The predicted molar refractivity (Wildman–Crippen MR) is 86.4 cm³/mol. The topological polar surface area (TPSA) is 86.5 Å². The number of alkyl halides is 2. The van der Waals surface area contributed by atoms with E-state index < -0.39 is 18.9 Å². The quantitative estimate of drug-likeness (QED) is 0.768. The van der Waals surface area contributed by atoms with E-state index in [1.54, 1.807) is 25.1 Å². The number of hydrogen-bond acceptors (Lipinski definition) is 5. The number of carbonyl (C=O) groups is 1. The molecule has 1 N–H and O–H groups in total. The summed E-state index contributed by atoms with van der Waals surface area (Å²) in [6.07, 6.45) is -2.76. The number of fused-ring (bicyclic) bond motifs is 2. The van der Waals surface area contributed by atoms with Gasteiger partial charge in [0.05, 0.1) is 16.8 Å². The molecule has 4 rings (SSSR count). The SMILES string of the molecule is Cc1nn(CC(=O)O)c2nc(-c3ccc4c(c3)OCO4)cc(C(F)F)c12. The molecule has 0 atom stereocenters. The maximum absolute atomic E-state index is 13.6. The lowest BCUT2D eigenvalue weighted by atomic mass is 10.1. The molecule has 134 valence electrons. The van der Waals surface area contributed by atoms with Gasteiger partial charge in [-0.3, -0.25) is 4.79 Å². The lowest BCUT2D eigenvalue weighted by Gasteiger charge is -2.09. The van der Waals surface area contributed by atoms with Gasteiger partial charge in [0, 0.05) is 11.1 Å². The maximum atomic E-state index is 13.6. The Morgan fingerprint density at radius 3 is 2.81 bits per heavy atom. The maximum Gasteiger partial charge on any atom is 0.325 e. The van der Waals surface area contributed by atoms with Crippen molar-refractivity contribution in [2.45, 2.75) is 19.9 Å². The molecule has 0 saturated carbocycles. The fourth-order valence-corrected chi connectivity index (χ4v) is 3.00.